The fourth-order valence-electron chi connectivity index (χ4n) is 5.51. The Kier molecular flexibility index (Phi) is 7.32. The van der Waals surface area contributed by atoms with Crippen molar-refractivity contribution in [3.8, 4) is 0 Å². The van der Waals surface area contributed by atoms with E-state index in [0.717, 1.165) is 11.3 Å². The van der Waals surface area contributed by atoms with Crippen molar-refractivity contribution in [2.75, 3.05) is 49.3 Å². The molecule has 2 aromatic heterocycles. The molecule has 1 atom stereocenters. The molecule has 0 aliphatic carbocycles. The molecule has 1 amide bonds. The third kappa shape index (κ3) is 5.40. The van der Waals surface area contributed by atoms with E-state index in [4.69, 9.17) is 4.74 Å². The number of likely N-dealkylation sites (tertiary alicyclic amines) is 1. The second-order valence-corrected chi connectivity index (χ2v) is 13.1. The molecule has 5 rings (SSSR count). The molecule has 214 valence electrons. The van der Waals surface area contributed by atoms with Crippen molar-refractivity contribution in [2.45, 2.75) is 57.3 Å². The lowest BCUT2D eigenvalue weighted by Gasteiger charge is -2.44. The summed E-state index contributed by atoms with van der Waals surface area (Å²) in [5.74, 6) is 0. The van der Waals surface area contributed by atoms with E-state index in [1.165, 1.54) is 6.26 Å². The molecule has 0 radical (unpaired) electrons. The highest BCUT2D eigenvalue weighted by molar-refractivity contribution is 7.90. The van der Waals surface area contributed by atoms with E-state index < -0.39 is 22.9 Å². The van der Waals surface area contributed by atoms with Crippen molar-refractivity contribution >= 4 is 45.4 Å². The number of piperidine rings is 1. The molecule has 11 nitrogen and oxygen atoms in total. The van der Waals surface area contributed by atoms with Gasteiger partial charge in [-0.3, -0.25) is 14.3 Å². The van der Waals surface area contributed by atoms with Crippen molar-refractivity contribution in [3.63, 3.8) is 0 Å². The zero-order chi connectivity index (χ0) is 29.0. The number of hydrogen-bond acceptors (Lipinski definition) is 8. The van der Waals surface area contributed by atoms with E-state index in [0.29, 0.717) is 61.4 Å². The summed E-state index contributed by atoms with van der Waals surface area (Å²) in [4.78, 5) is 39.9. The largest absolute Gasteiger partial charge is 0.633 e. The van der Waals surface area contributed by atoms with Crippen LogP contribution in [0.5, 0.6) is 0 Å². The molecule has 3 aromatic rings. The first-order chi connectivity index (χ1) is 18.8. The number of aryl methyl sites for hydroxylation is 1. The SMILES string of the molecule is Cc1cccc2c1N(C(=O)OC(C)(C)C)CCN2c1cc2cnc([S+](C)[O-])nc2n(C2CC[N+](C)([O-])CC2)c1=O. The van der Waals surface area contributed by atoms with Crippen LogP contribution in [0.2, 0.25) is 0 Å². The summed E-state index contributed by atoms with van der Waals surface area (Å²) in [6.45, 7) is 8.89. The standard InChI is InChI=1S/C28H36N6O5S/c1-18-8-7-9-21-23(18)32(27(36)39-28(2,3)4)13-12-31(21)22-16-19-17-29-26(40(6)38)30-24(19)33(25(22)35)20-10-14-34(5,37)15-11-20/h7-9,16-17,20H,10-15H2,1-6H3. The van der Waals surface area contributed by atoms with Gasteiger partial charge in [-0.05, 0) is 45.4 Å². The number of quaternary nitrogens is 1. The van der Waals surface area contributed by atoms with E-state index in [1.807, 2.05) is 50.8 Å². The van der Waals surface area contributed by atoms with Crippen LogP contribution in [0.4, 0.5) is 21.9 Å². The number of aromatic nitrogens is 3. The van der Waals surface area contributed by atoms with Gasteiger partial charge in [0.2, 0.25) is 0 Å². The molecule has 1 aromatic carbocycles. The maximum Gasteiger partial charge on any atom is 0.414 e. The number of pyridine rings is 1. The smallest absolute Gasteiger partial charge is 0.414 e. The lowest BCUT2D eigenvalue weighted by Crippen LogP contribution is -2.47. The van der Waals surface area contributed by atoms with Gasteiger partial charge in [-0.1, -0.05) is 12.1 Å². The first-order valence-electron chi connectivity index (χ1n) is 13.4. The summed E-state index contributed by atoms with van der Waals surface area (Å²) in [7, 11) is 1.65. The van der Waals surface area contributed by atoms with E-state index >= 15 is 0 Å². The summed E-state index contributed by atoms with van der Waals surface area (Å²) < 4.78 is 19.2. The van der Waals surface area contributed by atoms with Crippen molar-refractivity contribution in [1.29, 1.82) is 0 Å². The lowest BCUT2D eigenvalue weighted by atomic mass is 10.0. The summed E-state index contributed by atoms with van der Waals surface area (Å²) in [6, 6.07) is 7.26. The normalized spacial score (nSPS) is 22.2. The highest BCUT2D eigenvalue weighted by atomic mass is 32.2. The van der Waals surface area contributed by atoms with Gasteiger partial charge in [0.15, 0.2) is 5.65 Å². The highest BCUT2D eigenvalue weighted by Crippen LogP contribution is 2.40. The van der Waals surface area contributed by atoms with Crippen molar-refractivity contribution in [2.24, 2.45) is 0 Å². The molecule has 12 heteroatoms. The number of carbonyl (C=O) groups excluding carboxylic acids is 1. The molecular formula is C28H36N6O5S. The van der Waals surface area contributed by atoms with Crippen LogP contribution < -0.4 is 15.4 Å². The van der Waals surface area contributed by atoms with Crippen LogP contribution in [0.25, 0.3) is 11.0 Å². The number of rotatable bonds is 3. The van der Waals surface area contributed by atoms with Gasteiger partial charge in [-0.15, -0.1) is 0 Å². The molecule has 2 aliphatic rings. The summed E-state index contributed by atoms with van der Waals surface area (Å²) in [6.07, 6.45) is 3.71. The molecule has 0 bridgehead atoms. The number of benzene rings is 1. The molecule has 2 aliphatic heterocycles. The third-order valence-corrected chi connectivity index (χ3v) is 8.17. The van der Waals surface area contributed by atoms with Gasteiger partial charge in [0.05, 0.1) is 31.5 Å². The van der Waals surface area contributed by atoms with Crippen molar-refractivity contribution < 1.29 is 18.7 Å². The third-order valence-electron chi connectivity index (χ3n) is 7.45. The number of fused-ring (bicyclic) bond motifs is 2. The van der Waals surface area contributed by atoms with Gasteiger partial charge in [-0.2, -0.15) is 9.97 Å². The van der Waals surface area contributed by atoms with Gasteiger partial charge in [0.1, 0.15) is 17.5 Å². The number of ether oxygens (including phenoxy) is 1. The van der Waals surface area contributed by atoms with Gasteiger partial charge >= 0.3 is 11.2 Å². The Morgan fingerprint density at radius 2 is 1.88 bits per heavy atom. The van der Waals surface area contributed by atoms with Crippen LogP contribution in [0.3, 0.4) is 0 Å². The minimum absolute atomic E-state index is 0.153. The van der Waals surface area contributed by atoms with Crippen LogP contribution in [0, 0.1) is 12.1 Å². The van der Waals surface area contributed by atoms with Crippen LogP contribution in [0.15, 0.2) is 40.4 Å². The second kappa shape index (κ2) is 10.3. The van der Waals surface area contributed by atoms with Gasteiger partial charge < -0.3 is 24.0 Å². The number of anilines is 3. The molecule has 40 heavy (non-hydrogen) atoms. The first kappa shape index (κ1) is 28.3. The van der Waals surface area contributed by atoms with Crippen LogP contribution in [-0.4, -0.2) is 74.9 Å². The van der Waals surface area contributed by atoms with E-state index in [1.54, 1.807) is 28.8 Å². The molecule has 0 N–H and O–H groups in total. The zero-order valence-electron chi connectivity index (χ0n) is 23.8. The molecule has 0 spiro atoms. The number of carbonyl (C=O) groups is 1. The average Bonchev–Trinajstić information content (AvgIpc) is 2.87. The van der Waals surface area contributed by atoms with E-state index in [9.17, 15) is 19.3 Å². The van der Waals surface area contributed by atoms with Crippen molar-refractivity contribution in [3.05, 3.63) is 51.6 Å². The Labute approximate surface area is 236 Å². The number of amides is 1. The summed E-state index contributed by atoms with van der Waals surface area (Å²) in [5.41, 5.74) is 2.25. The highest BCUT2D eigenvalue weighted by Gasteiger charge is 2.35. The summed E-state index contributed by atoms with van der Waals surface area (Å²) >= 11 is -1.43. The predicted molar refractivity (Wildman–Crippen MR) is 155 cm³/mol. The Balaban J connectivity index is 1.66. The molecule has 1 saturated heterocycles. The van der Waals surface area contributed by atoms with Gasteiger partial charge in [0, 0.05) is 54.7 Å². The molecule has 0 saturated carbocycles. The predicted octanol–water partition coefficient (Wildman–Crippen LogP) is 4.01. The minimum Gasteiger partial charge on any atom is -0.633 e. The topological polar surface area (TPSA) is 127 Å². The Hall–Kier alpha value is -3.19. The number of nitrogens with zero attached hydrogens (tertiary/aromatic N) is 6. The first-order valence-corrected chi connectivity index (χ1v) is 15.0. The van der Waals surface area contributed by atoms with Crippen molar-refractivity contribution in [1.82, 2.24) is 14.5 Å². The average molecular weight is 569 g/mol. The Bertz CT molecular complexity index is 1510. The Morgan fingerprint density at radius 3 is 2.52 bits per heavy atom. The van der Waals surface area contributed by atoms with Gasteiger partial charge in [0.25, 0.3) is 5.56 Å². The van der Waals surface area contributed by atoms with Crippen LogP contribution in [-0.2, 0) is 15.9 Å². The summed E-state index contributed by atoms with van der Waals surface area (Å²) in [5, 5.41) is 13.4. The monoisotopic (exact) mass is 568 g/mol. The van der Waals surface area contributed by atoms with E-state index in [-0.39, 0.29) is 21.4 Å². The minimum atomic E-state index is -1.43. The maximum atomic E-state index is 14.3. The number of hydrogen-bond donors (Lipinski definition) is 0. The molecule has 1 fully saturated rings. The zero-order valence-corrected chi connectivity index (χ0v) is 24.7. The second-order valence-electron chi connectivity index (χ2n) is 11.8. The number of para-hydroxylation sites is 1. The molecule has 1 unspecified atom stereocenters. The fourth-order valence-corrected chi connectivity index (χ4v) is 5.93. The van der Waals surface area contributed by atoms with E-state index in [2.05, 4.69) is 9.97 Å². The van der Waals surface area contributed by atoms with Crippen LogP contribution in [0.1, 0.15) is 45.2 Å². The lowest BCUT2D eigenvalue weighted by molar-refractivity contribution is -0.866. The quantitative estimate of drug-likeness (QED) is 0.201. The fraction of sp³-hybridized carbons (Fsp3) is 0.500. The van der Waals surface area contributed by atoms with Crippen LogP contribution >= 0.6 is 0 Å². The molecule has 4 heterocycles. The Morgan fingerprint density at radius 1 is 1.18 bits per heavy atom. The number of hydroxylamine groups is 3. The van der Waals surface area contributed by atoms with Gasteiger partial charge in [-0.25, -0.2) is 4.79 Å². The molecular weight excluding hydrogens is 532 g/mol. The maximum absolute atomic E-state index is 14.3.